The zero-order chi connectivity index (χ0) is 23.7. The number of ether oxygens (including phenoxy) is 1. The maximum atomic E-state index is 13.5. The first-order chi connectivity index (χ1) is 15.7. The van der Waals surface area contributed by atoms with Gasteiger partial charge in [-0.2, -0.15) is 0 Å². The van der Waals surface area contributed by atoms with Crippen molar-refractivity contribution in [3.8, 4) is 11.4 Å². The van der Waals surface area contributed by atoms with Gasteiger partial charge in [0.25, 0.3) is 0 Å². The molecule has 1 fully saturated rings. The fraction of sp³-hybridized carbons (Fsp3) is 0.333. The molecule has 0 bridgehead atoms. The second-order valence-corrected chi connectivity index (χ2v) is 7.69. The minimum atomic E-state index is -1.09. The van der Waals surface area contributed by atoms with Crippen LogP contribution in [-0.4, -0.2) is 43.1 Å². The van der Waals surface area contributed by atoms with Crippen LogP contribution in [0.5, 0.6) is 0 Å². The molecule has 2 N–H and O–H groups in total. The molecule has 4 rings (SSSR count). The number of pyridine rings is 2. The molecule has 0 unspecified atom stereocenters. The molecule has 172 valence electrons. The number of amides is 2. The molecule has 10 nitrogen and oxygen atoms in total. The lowest BCUT2D eigenvalue weighted by molar-refractivity contribution is -0.117. The summed E-state index contributed by atoms with van der Waals surface area (Å²) in [5.74, 6) is -1.30. The van der Waals surface area contributed by atoms with Gasteiger partial charge in [0.2, 0.25) is 5.91 Å². The van der Waals surface area contributed by atoms with Crippen molar-refractivity contribution in [2.45, 2.75) is 32.5 Å². The average Bonchev–Trinajstić information content (AvgIpc) is 3.41. The van der Waals surface area contributed by atoms with Gasteiger partial charge >= 0.3 is 6.09 Å². The Balaban J connectivity index is 1.44. The number of hydrogen-bond donors (Lipinski definition) is 2. The minimum Gasteiger partial charge on any atom is -0.441 e. The fourth-order valence-electron chi connectivity index (χ4n) is 3.23. The summed E-state index contributed by atoms with van der Waals surface area (Å²) in [7, 11) is 1.58. The Bertz CT molecular complexity index is 1200. The number of aromatic nitrogens is 5. The van der Waals surface area contributed by atoms with Gasteiger partial charge < -0.3 is 10.1 Å². The van der Waals surface area contributed by atoms with E-state index in [2.05, 4.69) is 30.9 Å². The lowest BCUT2D eigenvalue weighted by Gasteiger charge is -2.16. The van der Waals surface area contributed by atoms with Crippen LogP contribution >= 0.6 is 0 Å². The van der Waals surface area contributed by atoms with Crippen molar-refractivity contribution >= 4 is 23.5 Å². The second-order valence-electron chi connectivity index (χ2n) is 7.69. The van der Waals surface area contributed by atoms with Gasteiger partial charge in [-0.15, -0.1) is 5.10 Å². The fourth-order valence-corrected chi connectivity index (χ4v) is 3.23. The van der Waals surface area contributed by atoms with Gasteiger partial charge in [0.15, 0.2) is 11.5 Å². The molecule has 0 aromatic carbocycles. The maximum absolute atomic E-state index is 13.5. The van der Waals surface area contributed by atoms with Crippen LogP contribution in [0.15, 0.2) is 30.6 Å². The van der Waals surface area contributed by atoms with Crippen LogP contribution in [0.25, 0.3) is 11.4 Å². The number of halogens is 2. The van der Waals surface area contributed by atoms with E-state index in [1.54, 1.807) is 33.0 Å². The zero-order valence-corrected chi connectivity index (χ0v) is 18.0. The molecule has 0 radical (unpaired) electrons. The number of aryl methyl sites for hydroxylation is 2. The largest absolute Gasteiger partial charge is 0.441 e. The summed E-state index contributed by atoms with van der Waals surface area (Å²) in [5, 5.41) is 13.1. The van der Waals surface area contributed by atoms with Crippen molar-refractivity contribution < 1.29 is 23.1 Å². The smallest absolute Gasteiger partial charge is 0.413 e. The standard InChI is InChI=1S/C21H21F2N7O3/c1-10-14(6-12(22)8-24-10)11(2)33-21(32)27-19-18(28-29-30(19)3)17-5-4-13(9-25-17)26-20(31)15-7-16(15)23/h4-6,8-9,11,15-16H,7H2,1-3H3,(H,26,31)(H,27,32)/t11-,15-,16-/m1/s1. The summed E-state index contributed by atoms with van der Waals surface area (Å²) in [6, 6.07) is 4.44. The van der Waals surface area contributed by atoms with Crippen LogP contribution in [0.3, 0.4) is 0 Å². The summed E-state index contributed by atoms with van der Waals surface area (Å²) in [5.41, 5.74) is 2.05. The molecule has 3 atom stereocenters. The highest BCUT2D eigenvalue weighted by Crippen LogP contribution is 2.34. The highest BCUT2D eigenvalue weighted by Gasteiger charge is 2.43. The first kappa shape index (κ1) is 22.2. The molecule has 33 heavy (non-hydrogen) atoms. The molecule has 1 saturated carbocycles. The summed E-state index contributed by atoms with van der Waals surface area (Å²) in [6.07, 6.45) is 0.0829. The van der Waals surface area contributed by atoms with Crippen molar-refractivity contribution in [1.82, 2.24) is 25.0 Å². The Morgan fingerprint density at radius 1 is 1.24 bits per heavy atom. The summed E-state index contributed by atoms with van der Waals surface area (Å²) in [4.78, 5) is 32.5. The third kappa shape index (κ3) is 4.94. The topological polar surface area (TPSA) is 124 Å². The summed E-state index contributed by atoms with van der Waals surface area (Å²) < 4.78 is 33.2. The van der Waals surface area contributed by atoms with Gasteiger partial charge in [-0.3, -0.25) is 20.1 Å². The lowest BCUT2D eigenvalue weighted by Crippen LogP contribution is -2.19. The number of nitrogens with zero attached hydrogens (tertiary/aromatic N) is 5. The Morgan fingerprint density at radius 2 is 2.00 bits per heavy atom. The predicted molar refractivity (Wildman–Crippen MR) is 113 cm³/mol. The van der Waals surface area contributed by atoms with Crippen LogP contribution in [0.4, 0.5) is 25.1 Å². The number of carbonyl (C=O) groups excluding carboxylic acids is 2. The number of hydrogen-bond acceptors (Lipinski definition) is 7. The quantitative estimate of drug-likeness (QED) is 0.582. The number of carbonyl (C=O) groups is 2. The lowest BCUT2D eigenvalue weighted by atomic mass is 10.1. The normalized spacial score (nSPS) is 17.8. The third-order valence-corrected chi connectivity index (χ3v) is 5.18. The second kappa shape index (κ2) is 8.88. The molecule has 0 saturated heterocycles. The van der Waals surface area contributed by atoms with Crippen molar-refractivity contribution in [1.29, 1.82) is 0 Å². The first-order valence-electron chi connectivity index (χ1n) is 10.1. The van der Waals surface area contributed by atoms with Crippen LogP contribution in [-0.2, 0) is 16.6 Å². The molecule has 0 spiro atoms. The van der Waals surface area contributed by atoms with Gasteiger partial charge in [-0.05, 0) is 38.5 Å². The molecular formula is C21H21F2N7O3. The molecule has 1 aliphatic carbocycles. The highest BCUT2D eigenvalue weighted by atomic mass is 19.1. The van der Waals surface area contributed by atoms with Crippen molar-refractivity contribution in [3.05, 3.63) is 47.7 Å². The Hall–Kier alpha value is -3.96. The average molecular weight is 457 g/mol. The Labute approximate surface area is 187 Å². The van der Waals surface area contributed by atoms with E-state index >= 15 is 0 Å². The Kier molecular flexibility index (Phi) is 5.99. The number of nitrogens with one attached hydrogen (secondary N) is 2. The highest BCUT2D eigenvalue weighted by molar-refractivity contribution is 5.95. The molecule has 2 amide bonds. The number of anilines is 2. The van der Waals surface area contributed by atoms with E-state index in [-0.39, 0.29) is 23.8 Å². The molecule has 3 heterocycles. The van der Waals surface area contributed by atoms with E-state index in [0.717, 1.165) is 6.20 Å². The molecule has 1 aliphatic rings. The monoisotopic (exact) mass is 457 g/mol. The molecule has 0 aliphatic heterocycles. The summed E-state index contributed by atoms with van der Waals surface area (Å²) >= 11 is 0. The van der Waals surface area contributed by atoms with E-state index in [0.29, 0.717) is 22.6 Å². The van der Waals surface area contributed by atoms with Gasteiger partial charge in [0.1, 0.15) is 18.1 Å². The van der Waals surface area contributed by atoms with Crippen molar-refractivity contribution in [2.75, 3.05) is 10.6 Å². The SMILES string of the molecule is Cc1ncc(F)cc1[C@@H](C)OC(=O)Nc1c(-c2ccc(NC(=O)[C@@H]3C[C@H]3F)cn2)nnn1C. The van der Waals surface area contributed by atoms with Crippen LogP contribution in [0.2, 0.25) is 0 Å². The van der Waals surface area contributed by atoms with Gasteiger partial charge in [-0.1, -0.05) is 5.21 Å². The van der Waals surface area contributed by atoms with Crippen molar-refractivity contribution in [3.63, 3.8) is 0 Å². The van der Waals surface area contributed by atoms with Crippen LogP contribution in [0.1, 0.15) is 30.7 Å². The number of rotatable bonds is 6. The predicted octanol–water partition coefficient (Wildman–Crippen LogP) is 3.33. The van der Waals surface area contributed by atoms with Gasteiger partial charge in [0.05, 0.1) is 29.7 Å². The minimum absolute atomic E-state index is 0.226. The summed E-state index contributed by atoms with van der Waals surface area (Å²) in [6.45, 7) is 3.29. The molecule has 3 aromatic rings. The van der Waals surface area contributed by atoms with Crippen LogP contribution < -0.4 is 10.6 Å². The van der Waals surface area contributed by atoms with E-state index in [9.17, 15) is 18.4 Å². The molecule has 12 heteroatoms. The van der Waals surface area contributed by atoms with Gasteiger partial charge in [0, 0.05) is 18.3 Å². The molecule has 3 aromatic heterocycles. The Morgan fingerprint density at radius 3 is 2.67 bits per heavy atom. The van der Waals surface area contributed by atoms with Crippen LogP contribution in [0, 0.1) is 18.7 Å². The van der Waals surface area contributed by atoms with E-state index < -0.39 is 30.1 Å². The number of alkyl halides is 1. The van der Waals surface area contributed by atoms with E-state index in [4.69, 9.17) is 4.74 Å². The van der Waals surface area contributed by atoms with E-state index in [1.807, 2.05) is 0 Å². The van der Waals surface area contributed by atoms with E-state index in [1.165, 1.54) is 16.9 Å². The maximum Gasteiger partial charge on any atom is 0.413 e. The molecular weight excluding hydrogens is 436 g/mol. The van der Waals surface area contributed by atoms with Crippen molar-refractivity contribution in [2.24, 2.45) is 13.0 Å². The van der Waals surface area contributed by atoms with Gasteiger partial charge in [-0.25, -0.2) is 18.3 Å². The first-order valence-corrected chi connectivity index (χ1v) is 10.1. The zero-order valence-electron chi connectivity index (χ0n) is 18.0. The third-order valence-electron chi connectivity index (χ3n) is 5.18.